The fourth-order valence-corrected chi connectivity index (χ4v) is 3.31. The van der Waals surface area contributed by atoms with Gasteiger partial charge < -0.3 is 15.2 Å². The first-order chi connectivity index (χ1) is 16.9. The number of hydrogen-bond acceptors (Lipinski definition) is 7. The first kappa shape index (κ1) is 18.9. The summed E-state index contributed by atoms with van der Waals surface area (Å²) < 4.78 is 88.4. The molecule has 13 heteroatoms. The molecule has 0 radical (unpaired) electrons. The summed E-state index contributed by atoms with van der Waals surface area (Å²) in [5.41, 5.74) is 5.73. The Bertz CT molecular complexity index is 1450. The maximum absolute atomic E-state index is 14.9. The Morgan fingerprint density at radius 2 is 1.97 bits per heavy atom. The second-order valence-corrected chi connectivity index (χ2v) is 7.06. The number of benzene rings is 2. The average Bonchev–Trinajstić information content (AvgIpc) is 3.29. The Hall–Kier alpha value is -3.67. The molecular formula is C20H15ClF4N6O2. The topological polar surface area (TPSA) is 101 Å². The molecule has 8 nitrogen and oxygen atoms in total. The van der Waals surface area contributed by atoms with E-state index < -0.39 is 42.1 Å². The van der Waals surface area contributed by atoms with E-state index in [1.807, 2.05) is 0 Å². The molecule has 2 N–H and O–H groups in total. The van der Waals surface area contributed by atoms with Crippen LogP contribution >= 0.6 is 11.6 Å². The molecule has 0 saturated carbocycles. The number of fused-ring (bicyclic) bond motifs is 1. The predicted octanol–water partition coefficient (Wildman–Crippen LogP) is 4.95. The van der Waals surface area contributed by atoms with E-state index in [9.17, 15) is 17.6 Å². The van der Waals surface area contributed by atoms with Crippen molar-refractivity contribution >= 4 is 28.3 Å². The Kier molecular flexibility index (Phi) is 4.97. The minimum absolute atomic E-state index is 0.0183. The number of aromatic nitrogens is 5. The van der Waals surface area contributed by atoms with Crippen molar-refractivity contribution in [1.29, 1.82) is 0 Å². The van der Waals surface area contributed by atoms with Crippen molar-refractivity contribution in [3.63, 3.8) is 0 Å². The van der Waals surface area contributed by atoms with Crippen molar-refractivity contribution in [3.8, 4) is 22.6 Å². The van der Waals surface area contributed by atoms with Crippen LogP contribution in [0.5, 0.6) is 11.5 Å². The number of nitrogens with two attached hydrogens (primary N) is 1. The first-order valence-corrected chi connectivity index (χ1v) is 9.51. The molecule has 0 saturated heterocycles. The van der Waals surface area contributed by atoms with Crippen LogP contribution in [0.1, 0.15) is 29.5 Å². The van der Waals surface area contributed by atoms with Crippen LogP contribution in [0.25, 0.3) is 22.0 Å². The Morgan fingerprint density at radius 1 is 1.18 bits per heavy atom. The molecule has 172 valence electrons. The van der Waals surface area contributed by atoms with E-state index in [0.29, 0.717) is 4.68 Å². The molecule has 0 amide bonds. The van der Waals surface area contributed by atoms with Gasteiger partial charge in [-0.05, 0) is 25.1 Å². The van der Waals surface area contributed by atoms with E-state index in [-0.39, 0.29) is 39.4 Å². The molecule has 2 aromatic carbocycles. The van der Waals surface area contributed by atoms with Gasteiger partial charge in [-0.1, -0.05) is 11.6 Å². The maximum Gasteiger partial charge on any atom is 0.334 e. The summed E-state index contributed by atoms with van der Waals surface area (Å²) in [6.45, 7) is -1.54. The summed E-state index contributed by atoms with van der Waals surface area (Å²) >= 11 is 5.73. The molecule has 0 fully saturated rings. The van der Waals surface area contributed by atoms with Gasteiger partial charge in [0.1, 0.15) is 29.3 Å². The van der Waals surface area contributed by atoms with Gasteiger partial charge in [-0.15, -0.1) is 5.10 Å². The molecule has 1 unspecified atom stereocenters. The third-order valence-electron chi connectivity index (χ3n) is 4.68. The van der Waals surface area contributed by atoms with E-state index in [0.717, 1.165) is 30.9 Å². The van der Waals surface area contributed by atoms with Crippen LogP contribution in [-0.4, -0.2) is 31.8 Å². The van der Waals surface area contributed by atoms with Gasteiger partial charge in [0.05, 0.1) is 22.1 Å². The van der Waals surface area contributed by atoms with Gasteiger partial charge >= 0.3 is 6.55 Å². The van der Waals surface area contributed by atoms with Crippen molar-refractivity contribution in [2.24, 2.45) is 0 Å². The predicted molar refractivity (Wildman–Crippen MR) is 111 cm³/mol. The average molecular weight is 486 g/mol. The Labute approximate surface area is 193 Å². The number of nitrogens with zero attached hydrogens (tertiary/aromatic N) is 5. The number of hydrogen-bond donors (Lipinski definition) is 1. The number of anilines is 1. The minimum Gasteiger partial charge on any atom is -0.493 e. The zero-order chi connectivity index (χ0) is 26.4. The normalized spacial score (nSPS) is 14.1. The summed E-state index contributed by atoms with van der Waals surface area (Å²) in [7, 11) is -3.01. The summed E-state index contributed by atoms with van der Waals surface area (Å²) in [5.74, 6) is -3.27. The lowest BCUT2D eigenvalue weighted by Crippen LogP contribution is -2.09. The van der Waals surface area contributed by atoms with Gasteiger partial charge in [0.2, 0.25) is 0 Å². The van der Waals surface area contributed by atoms with E-state index >= 15 is 0 Å². The van der Waals surface area contributed by atoms with Crippen LogP contribution in [-0.2, 0) is 0 Å². The molecule has 0 aliphatic carbocycles. The van der Waals surface area contributed by atoms with Crippen molar-refractivity contribution in [3.05, 3.63) is 53.3 Å². The molecule has 0 aliphatic rings. The number of methoxy groups -OCH3 is 1. The summed E-state index contributed by atoms with van der Waals surface area (Å²) in [5, 5.41) is 2.74. The molecule has 1 atom stereocenters. The second kappa shape index (κ2) is 8.70. The molecule has 0 bridgehead atoms. The number of halogens is 5. The van der Waals surface area contributed by atoms with Crippen molar-refractivity contribution in [2.75, 3.05) is 12.8 Å². The molecule has 0 spiro atoms. The lowest BCUT2D eigenvalue weighted by molar-refractivity contribution is 0.0550. The van der Waals surface area contributed by atoms with Crippen LogP contribution in [0.3, 0.4) is 0 Å². The third kappa shape index (κ3) is 3.97. The highest BCUT2D eigenvalue weighted by Gasteiger charge is 2.25. The summed E-state index contributed by atoms with van der Waals surface area (Å²) in [4.78, 5) is 11.8. The molecular weight excluding hydrogens is 468 g/mol. The monoisotopic (exact) mass is 485 g/mol. The van der Waals surface area contributed by atoms with E-state index in [1.165, 1.54) is 6.92 Å². The SMILES string of the molecule is [2H]C([2H])([2H])Oc1cc(-c2ccc(F)c(Cl)c2F)c2ncnc(N)c2c1OC(C)c1ncn(C(F)F)n1. The van der Waals surface area contributed by atoms with Crippen LogP contribution in [0.15, 0.2) is 30.9 Å². The highest BCUT2D eigenvalue weighted by Crippen LogP contribution is 2.45. The van der Waals surface area contributed by atoms with E-state index in [4.69, 9.17) is 30.9 Å². The van der Waals surface area contributed by atoms with Crippen molar-refractivity contribution in [1.82, 2.24) is 24.7 Å². The lowest BCUT2D eigenvalue weighted by atomic mass is 10.00. The minimum atomic E-state index is -3.01. The summed E-state index contributed by atoms with van der Waals surface area (Å²) in [6.07, 6.45) is 0.738. The van der Waals surface area contributed by atoms with Gasteiger partial charge in [-0.3, -0.25) is 0 Å². The highest BCUT2D eigenvalue weighted by atomic mass is 35.5. The van der Waals surface area contributed by atoms with Crippen LogP contribution < -0.4 is 15.2 Å². The Balaban J connectivity index is 1.96. The zero-order valence-electron chi connectivity index (χ0n) is 19.6. The Morgan fingerprint density at radius 3 is 2.67 bits per heavy atom. The number of alkyl halides is 2. The highest BCUT2D eigenvalue weighted by molar-refractivity contribution is 6.31. The van der Waals surface area contributed by atoms with Crippen LogP contribution in [0, 0.1) is 11.6 Å². The molecule has 4 rings (SSSR count). The van der Waals surface area contributed by atoms with Gasteiger partial charge in [0, 0.05) is 11.1 Å². The van der Waals surface area contributed by atoms with Crippen LogP contribution in [0.2, 0.25) is 5.02 Å². The largest absolute Gasteiger partial charge is 0.493 e. The first-order valence-electron chi connectivity index (χ1n) is 10.6. The number of nitrogen functional groups attached to an aromatic ring is 1. The number of ether oxygens (including phenoxy) is 2. The molecule has 2 heterocycles. The smallest absolute Gasteiger partial charge is 0.334 e. The van der Waals surface area contributed by atoms with Crippen molar-refractivity contribution < 1.29 is 31.1 Å². The fourth-order valence-electron chi connectivity index (χ4n) is 3.15. The van der Waals surface area contributed by atoms with E-state index in [1.54, 1.807) is 0 Å². The second-order valence-electron chi connectivity index (χ2n) is 6.68. The maximum atomic E-state index is 14.9. The van der Waals surface area contributed by atoms with Gasteiger partial charge in [-0.2, -0.15) is 13.5 Å². The molecule has 33 heavy (non-hydrogen) atoms. The lowest BCUT2D eigenvalue weighted by Gasteiger charge is -2.19. The number of rotatable bonds is 6. The zero-order valence-corrected chi connectivity index (χ0v) is 17.3. The van der Waals surface area contributed by atoms with Gasteiger partial charge in [-0.25, -0.2) is 23.7 Å². The van der Waals surface area contributed by atoms with Crippen molar-refractivity contribution in [2.45, 2.75) is 19.6 Å². The molecule has 2 aromatic heterocycles. The summed E-state index contributed by atoms with van der Waals surface area (Å²) in [6, 6.07) is 3.09. The standard InChI is InChI=1S/C20H15ClF4N6O2/c1-8(19-29-7-31(30-19)20(24)25)33-17-12(32-2)5-10(16-13(17)18(26)28-6-27-16)9-3-4-11(22)14(21)15(9)23/h3-8,20H,1-2H3,(H2,26,27,28)/i2D3. The van der Waals surface area contributed by atoms with E-state index in [2.05, 4.69) is 20.1 Å². The van der Waals surface area contributed by atoms with Gasteiger partial charge in [0.25, 0.3) is 0 Å². The quantitative estimate of drug-likeness (QED) is 0.305. The third-order valence-corrected chi connectivity index (χ3v) is 5.02. The van der Waals surface area contributed by atoms with Crippen LogP contribution in [0.4, 0.5) is 23.4 Å². The fraction of sp³-hybridized carbons (Fsp3) is 0.200. The molecule has 4 aromatic rings. The molecule has 0 aliphatic heterocycles. The van der Waals surface area contributed by atoms with Gasteiger partial charge in [0.15, 0.2) is 29.2 Å².